The van der Waals surface area contributed by atoms with Gasteiger partial charge in [0.05, 0.1) is 0 Å². The van der Waals surface area contributed by atoms with Crippen LogP contribution in [0.2, 0.25) is 0 Å². The molecule has 0 N–H and O–H groups in total. The third-order valence-corrected chi connectivity index (χ3v) is 3.44. The second-order valence-corrected chi connectivity index (χ2v) is 6.32. The Labute approximate surface area is 101 Å². The maximum Gasteiger partial charge on any atom is 0.0200 e. The molecule has 0 unspecified atom stereocenters. The zero-order chi connectivity index (χ0) is 12.3. The van der Waals surface area contributed by atoms with Crippen molar-refractivity contribution < 1.29 is 0 Å². The van der Waals surface area contributed by atoms with Crippen LogP contribution in [0.4, 0.5) is 0 Å². The first-order valence-corrected chi connectivity index (χ1v) is 6.44. The zero-order valence-corrected chi connectivity index (χ0v) is 12.0. The lowest BCUT2D eigenvalue weighted by Crippen LogP contribution is -2.58. The molecule has 0 amide bonds. The summed E-state index contributed by atoms with van der Waals surface area (Å²) in [7, 11) is 4.30. The number of piperazine rings is 1. The molecule has 1 atom stereocenters. The Bertz CT molecular complexity index is 208. The van der Waals surface area contributed by atoms with E-state index in [1.807, 2.05) is 0 Å². The van der Waals surface area contributed by atoms with E-state index in [4.69, 9.17) is 0 Å². The summed E-state index contributed by atoms with van der Waals surface area (Å²) < 4.78 is 0. The highest BCUT2D eigenvalue weighted by Crippen LogP contribution is 2.20. The van der Waals surface area contributed by atoms with Crippen LogP contribution in [-0.4, -0.2) is 73.1 Å². The quantitative estimate of drug-likeness (QED) is 0.721. The summed E-state index contributed by atoms with van der Waals surface area (Å²) in [5.74, 6) is 0. The van der Waals surface area contributed by atoms with Crippen molar-refractivity contribution in [3.05, 3.63) is 0 Å². The van der Waals surface area contributed by atoms with Gasteiger partial charge < -0.3 is 4.90 Å². The van der Waals surface area contributed by atoms with E-state index in [1.54, 1.807) is 0 Å². The predicted octanol–water partition coefficient (Wildman–Crippen LogP) is 1.35. The van der Waals surface area contributed by atoms with Crippen LogP contribution in [-0.2, 0) is 0 Å². The van der Waals surface area contributed by atoms with Crippen molar-refractivity contribution in [2.24, 2.45) is 0 Å². The molecule has 1 aliphatic rings. The molecular formula is C13H29N3. The summed E-state index contributed by atoms with van der Waals surface area (Å²) in [5, 5.41) is 0. The zero-order valence-electron chi connectivity index (χ0n) is 12.0. The highest BCUT2D eigenvalue weighted by molar-refractivity contribution is 4.87. The van der Waals surface area contributed by atoms with Gasteiger partial charge in [0.25, 0.3) is 0 Å². The van der Waals surface area contributed by atoms with Crippen LogP contribution in [0.15, 0.2) is 0 Å². The average Bonchev–Trinajstić information content (AvgIpc) is 2.12. The normalized spacial score (nSPS) is 25.3. The first kappa shape index (κ1) is 13.9. The van der Waals surface area contributed by atoms with Crippen molar-refractivity contribution in [3.8, 4) is 0 Å². The second-order valence-electron chi connectivity index (χ2n) is 6.32. The summed E-state index contributed by atoms with van der Waals surface area (Å²) in [6.45, 7) is 15.3. The lowest BCUT2D eigenvalue weighted by Gasteiger charge is -2.47. The maximum atomic E-state index is 2.62. The van der Waals surface area contributed by atoms with Gasteiger partial charge in [-0.2, -0.15) is 0 Å². The lowest BCUT2D eigenvalue weighted by atomic mass is 10.0. The number of likely N-dealkylation sites (N-methyl/N-ethyl adjacent to an activating group) is 1. The Morgan fingerprint density at radius 1 is 1.19 bits per heavy atom. The molecule has 0 aromatic carbocycles. The van der Waals surface area contributed by atoms with Gasteiger partial charge in [0.1, 0.15) is 0 Å². The van der Waals surface area contributed by atoms with E-state index in [0.717, 1.165) is 0 Å². The van der Waals surface area contributed by atoms with Gasteiger partial charge in [-0.3, -0.25) is 9.80 Å². The van der Waals surface area contributed by atoms with E-state index in [1.165, 1.54) is 32.7 Å². The van der Waals surface area contributed by atoms with Gasteiger partial charge in [0.2, 0.25) is 0 Å². The van der Waals surface area contributed by atoms with Crippen LogP contribution in [0.5, 0.6) is 0 Å². The smallest absolute Gasteiger partial charge is 0.0200 e. The standard InChI is InChI=1S/C13H29N3/c1-12-11-15(8-7-14(5)6)9-10-16(12)13(2,3)4/h12H,7-11H2,1-6H3/t12-/m1/s1. The average molecular weight is 227 g/mol. The Balaban J connectivity index is 2.40. The summed E-state index contributed by atoms with van der Waals surface area (Å²) in [4.78, 5) is 7.48. The van der Waals surface area contributed by atoms with Crippen molar-refractivity contribution in [2.45, 2.75) is 39.3 Å². The molecule has 1 saturated heterocycles. The van der Waals surface area contributed by atoms with Crippen molar-refractivity contribution in [1.82, 2.24) is 14.7 Å². The molecule has 0 spiro atoms. The molecule has 1 aliphatic heterocycles. The predicted molar refractivity (Wildman–Crippen MR) is 70.9 cm³/mol. The first-order chi connectivity index (χ1) is 7.30. The second kappa shape index (κ2) is 5.48. The minimum Gasteiger partial charge on any atom is -0.308 e. The summed E-state index contributed by atoms with van der Waals surface area (Å²) in [6.07, 6.45) is 0. The van der Waals surface area contributed by atoms with Crippen LogP contribution in [0, 0.1) is 0 Å². The van der Waals surface area contributed by atoms with Crippen LogP contribution in [0.25, 0.3) is 0 Å². The fourth-order valence-electron chi connectivity index (χ4n) is 2.57. The van der Waals surface area contributed by atoms with Gasteiger partial charge in [0, 0.05) is 44.3 Å². The van der Waals surface area contributed by atoms with Gasteiger partial charge in [-0.1, -0.05) is 0 Å². The molecule has 3 nitrogen and oxygen atoms in total. The minimum absolute atomic E-state index is 0.313. The van der Waals surface area contributed by atoms with E-state index < -0.39 is 0 Å². The number of hydrogen-bond acceptors (Lipinski definition) is 3. The molecule has 3 heteroatoms. The molecule has 0 saturated carbocycles. The van der Waals surface area contributed by atoms with Crippen LogP contribution >= 0.6 is 0 Å². The highest BCUT2D eigenvalue weighted by atomic mass is 15.3. The number of nitrogens with zero attached hydrogens (tertiary/aromatic N) is 3. The monoisotopic (exact) mass is 227 g/mol. The van der Waals surface area contributed by atoms with Gasteiger partial charge >= 0.3 is 0 Å². The van der Waals surface area contributed by atoms with E-state index in [0.29, 0.717) is 11.6 Å². The lowest BCUT2D eigenvalue weighted by molar-refractivity contribution is 0.0164. The Hall–Kier alpha value is -0.120. The Kier molecular flexibility index (Phi) is 4.77. The van der Waals surface area contributed by atoms with E-state index >= 15 is 0 Å². The number of rotatable bonds is 3. The number of hydrogen-bond donors (Lipinski definition) is 0. The third kappa shape index (κ3) is 4.04. The van der Waals surface area contributed by atoms with Gasteiger partial charge in [0.15, 0.2) is 0 Å². The molecule has 96 valence electrons. The van der Waals surface area contributed by atoms with Crippen LogP contribution in [0.1, 0.15) is 27.7 Å². The van der Waals surface area contributed by atoms with Gasteiger partial charge in [-0.15, -0.1) is 0 Å². The van der Waals surface area contributed by atoms with Gasteiger partial charge in [-0.05, 0) is 41.8 Å². The van der Waals surface area contributed by atoms with Gasteiger partial charge in [-0.25, -0.2) is 0 Å². The van der Waals surface area contributed by atoms with Crippen LogP contribution < -0.4 is 0 Å². The maximum absolute atomic E-state index is 2.62. The third-order valence-electron chi connectivity index (χ3n) is 3.44. The van der Waals surface area contributed by atoms with Crippen molar-refractivity contribution in [3.63, 3.8) is 0 Å². The summed E-state index contributed by atoms with van der Waals surface area (Å²) in [6, 6.07) is 0.677. The molecule has 0 aromatic rings. The van der Waals surface area contributed by atoms with Crippen molar-refractivity contribution >= 4 is 0 Å². The SMILES string of the molecule is C[C@@H]1CN(CCN(C)C)CCN1C(C)(C)C. The van der Waals surface area contributed by atoms with Crippen molar-refractivity contribution in [2.75, 3.05) is 46.8 Å². The Morgan fingerprint density at radius 3 is 2.25 bits per heavy atom. The topological polar surface area (TPSA) is 9.72 Å². The Morgan fingerprint density at radius 2 is 1.81 bits per heavy atom. The van der Waals surface area contributed by atoms with Crippen molar-refractivity contribution in [1.29, 1.82) is 0 Å². The molecule has 0 aliphatic carbocycles. The van der Waals surface area contributed by atoms with E-state index in [2.05, 4.69) is 56.5 Å². The fraction of sp³-hybridized carbons (Fsp3) is 1.00. The molecule has 16 heavy (non-hydrogen) atoms. The molecular weight excluding hydrogens is 198 g/mol. The highest BCUT2D eigenvalue weighted by Gasteiger charge is 2.30. The first-order valence-electron chi connectivity index (χ1n) is 6.44. The molecule has 0 radical (unpaired) electrons. The molecule has 0 bridgehead atoms. The molecule has 1 heterocycles. The summed E-state index contributed by atoms with van der Waals surface area (Å²) in [5.41, 5.74) is 0.313. The molecule has 1 rings (SSSR count). The van der Waals surface area contributed by atoms with E-state index in [-0.39, 0.29) is 0 Å². The molecule has 1 fully saturated rings. The van der Waals surface area contributed by atoms with Crippen LogP contribution in [0.3, 0.4) is 0 Å². The minimum atomic E-state index is 0.313. The van der Waals surface area contributed by atoms with E-state index in [9.17, 15) is 0 Å². The summed E-state index contributed by atoms with van der Waals surface area (Å²) >= 11 is 0. The largest absolute Gasteiger partial charge is 0.308 e. The fourth-order valence-corrected chi connectivity index (χ4v) is 2.57. The molecule has 0 aromatic heterocycles.